The molecule has 6 nitrogen and oxygen atoms in total. The lowest BCUT2D eigenvalue weighted by molar-refractivity contribution is -0.137. The van der Waals surface area contributed by atoms with E-state index in [0.29, 0.717) is 38.0 Å². The second-order valence-corrected chi connectivity index (χ2v) is 8.81. The Labute approximate surface area is 202 Å². The summed E-state index contributed by atoms with van der Waals surface area (Å²) in [5.74, 6) is -1.14. The first-order valence-corrected chi connectivity index (χ1v) is 11.7. The Hall–Kier alpha value is -3.36. The minimum atomic E-state index is -4.46. The number of nitrogens with zero attached hydrogens (tertiary/aromatic N) is 1. The zero-order chi connectivity index (χ0) is 25.6. The maximum atomic E-state index is 12.9. The number of carbonyl (C=O) groups is 3. The molecule has 1 heterocycles. The number of rotatable bonds is 7. The quantitative estimate of drug-likeness (QED) is 0.612. The number of benzene rings is 2. The number of amides is 3. The molecule has 188 valence electrons. The predicted molar refractivity (Wildman–Crippen MR) is 126 cm³/mol. The molecule has 2 N–H and O–H groups in total. The third-order valence-electron chi connectivity index (χ3n) is 6.19. The molecule has 1 fully saturated rings. The van der Waals surface area contributed by atoms with Gasteiger partial charge in [-0.25, -0.2) is 0 Å². The Morgan fingerprint density at radius 3 is 2.09 bits per heavy atom. The minimum absolute atomic E-state index is 0.182. The SMILES string of the molecule is CCCNC(=O)[C@H](NC(=O)c1ccc(C)cc1)C1CCN(C(=O)c2ccc(C(F)(F)F)cc2)CC1. The van der Waals surface area contributed by atoms with E-state index in [1.54, 1.807) is 17.0 Å². The van der Waals surface area contributed by atoms with Gasteiger partial charge in [0.1, 0.15) is 6.04 Å². The summed E-state index contributed by atoms with van der Waals surface area (Å²) in [6.45, 7) is 5.01. The third kappa shape index (κ3) is 6.83. The highest BCUT2D eigenvalue weighted by atomic mass is 19.4. The number of piperidine rings is 1. The highest BCUT2D eigenvalue weighted by Crippen LogP contribution is 2.29. The average molecular weight is 490 g/mol. The first-order chi connectivity index (χ1) is 16.6. The van der Waals surface area contributed by atoms with Gasteiger partial charge in [0.2, 0.25) is 5.91 Å². The molecule has 1 saturated heterocycles. The van der Waals surface area contributed by atoms with Crippen molar-refractivity contribution in [3.63, 3.8) is 0 Å². The van der Waals surface area contributed by atoms with Crippen molar-refractivity contribution in [3.05, 3.63) is 70.8 Å². The fourth-order valence-electron chi connectivity index (χ4n) is 4.11. The van der Waals surface area contributed by atoms with Gasteiger partial charge in [-0.3, -0.25) is 14.4 Å². The molecule has 2 aromatic carbocycles. The summed E-state index contributed by atoms with van der Waals surface area (Å²) >= 11 is 0. The molecule has 1 aliphatic heterocycles. The van der Waals surface area contributed by atoms with Crippen molar-refractivity contribution < 1.29 is 27.6 Å². The van der Waals surface area contributed by atoms with E-state index in [0.717, 1.165) is 24.1 Å². The van der Waals surface area contributed by atoms with Crippen molar-refractivity contribution in [2.24, 2.45) is 5.92 Å². The van der Waals surface area contributed by atoms with E-state index in [1.165, 1.54) is 12.1 Å². The smallest absolute Gasteiger partial charge is 0.354 e. The van der Waals surface area contributed by atoms with Gasteiger partial charge in [0, 0.05) is 30.8 Å². The van der Waals surface area contributed by atoms with Crippen LogP contribution in [0.15, 0.2) is 48.5 Å². The highest BCUT2D eigenvalue weighted by molar-refractivity contribution is 5.97. The molecular formula is C26H30F3N3O3. The van der Waals surface area contributed by atoms with Gasteiger partial charge in [-0.1, -0.05) is 24.6 Å². The molecule has 0 unspecified atom stereocenters. The summed E-state index contributed by atoms with van der Waals surface area (Å²) in [5.41, 5.74) is 0.849. The Morgan fingerprint density at radius 1 is 0.971 bits per heavy atom. The Bertz CT molecular complexity index is 1030. The molecular weight excluding hydrogens is 459 g/mol. The molecule has 1 atom stereocenters. The molecule has 0 bridgehead atoms. The van der Waals surface area contributed by atoms with Crippen LogP contribution < -0.4 is 10.6 Å². The number of hydrogen-bond acceptors (Lipinski definition) is 3. The minimum Gasteiger partial charge on any atom is -0.354 e. The van der Waals surface area contributed by atoms with E-state index in [9.17, 15) is 27.6 Å². The molecule has 0 saturated carbocycles. The Kier molecular flexibility index (Phi) is 8.53. The fraction of sp³-hybridized carbons (Fsp3) is 0.423. The maximum absolute atomic E-state index is 12.9. The van der Waals surface area contributed by atoms with E-state index >= 15 is 0 Å². The Morgan fingerprint density at radius 2 is 1.54 bits per heavy atom. The van der Waals surface area contributed by atoms with Crippen LogP contribution in [0.1, 0.15) is 58.0 Å². The van der Waals surface area contributed by atoms with Gasteiger partial charge in [-0.15, -0.1) is 0 Å². The lowest BCUT2D eigenvalue weighted by atomic mass is 9.88. The number of alkyl halides is 3. The third-order valence-corrected chi connectivity index (χ3v) is 6.19. The molecule has 0 spiro atoms. The molecule has 9 heteroatoms. The van der Waals surface area contributed by atoms with Gasteiger partial charge in [0.05, 0.1) is 5.56 Å². The average Bonchev–Trinajstić information content (AvgIpc) is 2.85. The van der Waals surface area contributed by atoms with Crippen LogP contribution in [0.5, 0.6) is 0 Å². The zero-order valence-electron chi connectivity index (χ0n) is 19.8. The van der Waals surface area contributed by atoms with E-state index < -0.39 is 17.8 Å². The number of hydrogen-bond donors (Lipinski definition) is 2. The molecule has 3 rings (SSSR count). The van der Waals surface area contributed by atoms with Gasteiger partial charge in [0.25, 0.3) is 11.8 Å². The largest absolute Gasteiger partial charge is 0.416 e. The molecule has 2 aromatic rings. The lowest BCUT2D eigenvalue weighted by Gasteiger charge is -2.36. The van der Waals surface area contributed by atoms with Crippen molar-refractivity contribution in [1.29, 1.82) is 0 Å². The monoisotopic (exact) mass is 489 g/mol. The van der Waals surface area contributed by atoms with Gasteiger partial charge < -0.3 is 15.5 Å². The standard InChI is InChI=1S/C26H30F3N3O3/c1-3-14-30-24(34)22(31-23(33)19-6-4-17(2)5-7-19)18-12-15-32(16-13-18)25(35)20-8-10-21(11-9-20)26(27,28)29/h4-11,18,22H,3,12-16H2,1-2H3,(H,30,34)(H,31,33)/t22-/m1/s1. The first-order valence-electron chi connectivity index (χ1n) is 11.7. The topological polar surface area (TPSA) is 78.5 Å². The van der Waals surface area contributed by atoms with Gasteiger partial charge in [-0.05, 0) is 68.5 Å². The summed E-state index contributed by atoms with van der Waals surface area (Å²) in [6.07, 6.45) is -2.75. The van der Waals surface area contributed by atoms with Crippen LogP contribution in [0.2, 0.25) is 0 Å². The number of likely N-dealkylation sites (tertiary alicyclic amines) is 1. The van der Waals surface area contributed by atoms with Crippen molar-refractivity contribution in [2.75, 3.05) is 19.6 Å². The maximum Gasteiger partial charge on any atom is 0.416 e. The van der Waals surface area contributed by atoms with Crippen LogP contribution >= 0.6 is 0 Å². The summed E-state index contributed by atoms with van der Waals surface area (Å²) in [4.78, 5) is 40.1. The summed E-state index contributed by atoms with van der Waals surface area (Å²) in [7, 11) is 0. The van der Waals surface area contributed by atoms with E-state index in [4.69, 9.17) is 0 Å². The zero-order valence-corrected chi connectivity index (χ0v) is 19.8. The van der Waals surface area contributed by atoms with Crippen molar-refractivity contribution >= 4 is 17.7 Å². The van der Waals surface area contributed by atoms with Crippen LogP contribution in [0.3, 0.4) is 0 Å². The number of halogens is 3. The fourth-order valence-corrected chi connectivity index (χ4v) is 4.11. The second-order valence-electron chi connectivity index (χ2n) is 8.81. The van der Waals surface area contributed by atoms with E-state index in [2.05, 4.69) is 10.6 Å². The number of carbonyl (C=O) groups excluding carboxylic acids is 3. The van der Waals surface area contributed by atoms with Crippen molar-refractivity contribution in [3.8, 4) is 0 Å². The van der Waals surface area contributed by atoms with Crippen molar-refractivity contribution in [2.45, 2.75) is 45.3 Å². The molecule has 3 amide bonds. The van der Waals surface area contributed by atoms with E-state index in [-0.39, 0.29) is 29.2 Å². The normalized spacial score (nSPS) is 15.4. The van der Waals surface area contributed by atoms with Crippen molar-refractivity contribution in [1.82, 2.24) is 15.5 Å². The molecule has 1 aliphatic rings. The number of nitrogens with one attached hydrogen (secondary N) is 2. The Balaban J connectivity index is 1.66. The van der Waals surface area contributed by atoms with Crippen LogP contribution in [0.25, 0.3) is 0 Å². The molecule has 0 aliphatic carbocycles. The molecule has 0 aromatic heterocycles. The lowest BCUT2D eigenvalue weighted by Crippen LogP contribution is -2.54. The van der Waals surface area contributed by atoms with Gasteiger partial charge in [0.15, 0.2) is 0 Å². The summed E-state index contributed by atoms with van der Waals surface area (Å²) in [6, 6.07) is 10.5. The highest BCUT2D eigenvalue weighted by Gasteiger charge is 2.34. The first kappa shape index (κ1) is 26.2. The molecule has 0 radical (unpaired) electrons. The van der Waals surface area contributed by atoms with Crippen LogP contribution in [-0.2, 0) is 11.0 Å². The summed E-state index contributed by atoms with van der Waals surface area (Å²) in [5, 5.41) is 5.71. The molecule has 35 heavy (non-hydrogen) atoms. The summed E-state index contributed by atoms with van der Waals surface area (Å²) < 4.78 is 38.4. The van der Waals surface area contributed by atoms with E-state index in [1.807, 2.05) is 26.0 Å². The second kappa shape index (κ2) is 11.4. The van der Waals surface area contributed by atoms with Gasteiger partial charge in [-0.2, -0.15) is 13.2 Å². The van der Waals surface area contributed by atoms with Crippen LogP contribution in [0.4, 0.5) is 13.2 Å². The van der Waals surface area contributed by atoms with Crippen LogP contribution in [0, 0.1) is 12.8 Å². The number of aryl methyl sites for hydroxylation is 1. The predicted octanol–water partition coefficient (Wildman–Crippen LogP) is 4.19. The van der Waals surface area contributed by atoms with Crippen LogP contribution in [-0.4, -0.2) is 48.3 Å². The van der Waals surface area contributed by atoms with Gasteiger partial charge >= 0.3 is 6.18 Å².